The van der Waals surface area contributed by atoms with Crippen LogP contribution in [0.5, 0.6) is 0 Å². The molecule has 1 heterocycles. The standard InChI is InChI=1S/C12H8Br2OS/c13-9-3-1-8(2-4-9)11(15)7-12-10(14)5-6-16-12/h1-6H,7H2. The van der Waals surface area contributed by atoms with Crippen LogP contribution in [-0.2, 0) is 6.42 Å². The molecule has 4 heteroatoms. The molecule has 0 aliphatic rings. The third-order valence-electron chi connectivity index (χ3n) is 2.18. The van der Waals surface area contributed by atoms with Crippen molar-refractivity contribution in [2.45, 2.75) is 6.42 Å². The number of carbonyl (C=O) groups is 1. The first-order valence-corrected chi connectivity index (χ1v) is 7.14. The maximum Gasteiger partial charge on any atom is 0.168 e. The molecule has 0 unspecified atom stereocenters. The Morgan fingerprint density at radius 2 is 1.81 bits per heavy atom. The van der Waals surface area contributed by atoms with Gasteiger partial charge in [-0.1, -0.05) is 28.1 Å². The van der Waals surface area contributed by atoms with Gasteiger partial charge in [-0.05, 0) is 39.5 Å². The van der Waals surface area contributed by atoms with Gasteiger partial charge in [0.05, 0.1) is 0 Å². The Labute approximate surface area is 115 Å². The number of carbonyl (C=O) groups excluding carboxylic acids is 1. The number of benzene rings is 1. The fourth-order valence-corrected chi connectivity index (χ4v) is 3.09. The van der Waals surface area contributed by atoms with Gasteiger partial charge in [-0.2, -0.15) is 0 Å². The molecule has 0 spiro atoms. The number of hydrogen-bond donors (Lipinski definition) is 0. The molecular formula is C12H8Br2OS. The monoisotopic (exact) mass is 358 g/mol. The van der Waals surface area contributed by atoms with Crippen molar-refractivity contribution < 1.29 is 4.79 Å². The van der Waals surface area contributed by atoms with Crippen LogP contribution >= 0.6 is 43.2 Å². The minimum Gasteiger partial charge on any atom is -0.294 e. The number of thiophene rings is 1. The Bertz CT molecular complexity index is 502. The number of ketones is 1. The molecule has 0 atom stereocenters. The van der Waals surface area contributed by atoms with E-state index in [1.54, 1.807) is 11.3 Å². The average molecular weight is 360 g/mol. The van der Waals surface area contributed by atoms with E-state index in [9.17, 15) is 4.79 Å². The SMILES string of the molecule is O=C(Cc1sccc1Br)c1ccc(Br)cc1. The van der Waals surface area contributed by atoms with Crippen molar-refractivity contribution in [3.63, 3.8) is 0 Å². The van der Waals surface area contributed by atoms with Gasteiger partial charge in [0, 0.05) is 25.8 Å². The van der Waals surface area contributed by atoms with Gasteiger partial charge in [-0.25, -0.2) is 0 Å². The summed E-state index contributed by atoms with van der Waals surface area (Å²) >= 11 is 8.38. The van der Waals surface area contributed by atoms with Crippen LogP contribution in [0.1, 0.15) is 15.2 Å². The Balaban J connectivity index is 2.15. The molecule has 0 aliphatic carbocycles. The first-order valence-electron chi connectivity index (χ1n) is 4.67. The Hall–Kier alpha value is -0.450. The topological polar surface area (TPSA) is 17.1 Å². The van der Waals surface area contributed by atoms with Gasteiger partial charge in [-0.15, -0.1) is 11.3 Å². The van der Waals surface area contributed by atoms with Crippen LogP contribution in [0.25, 0.3) is 0 Å². The molecule has 0 saturated heterocycles. The largest absolute Gasteiger partial charge is 0.294 e. The van der Waals surface area contributed by atoms with Gasteiger partial charge in [-0.3, -0.25) is 4.79 Å². The zero-order valence-corrected chi connectivity index (χ0v) is 12.2. The minimum atomic E-state index is 0.149. The predicted octanol–water partition coefficient (Wildman–Crippen LogP) is 4.70. The second kappa shape index (κ2) is 5.25. The molecule has 0 fully saturated rings. The van der Waals surface area contributed by atoms with E-state index in [1.807, 2.05) is 35.7 Å². The third-order valence-corrected chi connectivity index (χ3v) is 4.63. The Morgan fingerprint density at radius 1 is 1.12 bits per heavy atom. The van der Waals surface area contributed by atoms with E-state index < -0.39 is 0 Å². The lowest BCUT2D eigenvalue weighted by Crippen LogP contribution is -2.02. The van der Waals surface area contributed by atoms with Crippen molar-refractivity contribution >= 4 is 49.0 Å². The van der Waals surface area contributed by atoms with E-state index in [-0.39, 0.29) is 5.78 Å². The van der Waals surface area contributed by atoms with Gasteiger partial charge in [0.25, 0.3) is 0 Å². The van der Waals surface area contributed by atoms with Gasteiger partial charge in [0.15, 0.2) is 5.78 Å². The minimum absolute atomic E-state index is 0.149. The summed E-state index contributed by atoms with van der Waals surface area (Å²) < 4.78 is 2.00. The van der Waals surface area contributed by atoms with Crippen molar-refractivity contribution in [2.24, 2.45) is 0 Å². The second-order valence-electron chi connectivity index (χ2n) is 3.30. The molecule has 16 heavy (non-hydrogen) atoms. The average Bonchev–Trinajstić information content (AvgIpc) is 2.65. The summed E-state index contributed by atoms with van der Waals surface area (Å²) in [6.45, 7) is 0. The van der Waals surface area contributed by atoms with Gasteiger partial charge in [0.1, 0.15) is 0 Å². The number of hydrogen-bond acceptors (Lipinski definition) is 2. The number of halogens is 2. The Kier molecular flexibility index (Phi) is 3.95. The molecule has 0 saturated carbocycles. The summed E-state index contributed by atoms with van der Waals surface area (Å²) in [7, 11) is 0. The molecule has 0 bridgehead atoms. The number of rotatable bonds is 3. The maximum atomic E-state index is 11.9. The van der Waals surface area contributed by atoms with Crippen molar-refractivity contribution in [3.8, 4) is 0 Å². The molecule has 1 aromatic carbocycles. The third kappa shape index (κ3) is 2.81. The normalized spacial score (nSPS) is 10.4. The highest BCUT2D eigenvalue weighted by molar-refractivity contribution is 9.10. The van der Waals surface area contributed by atoms with Crippen molar-refractivity contribution in [1.82, 2.24) is 0 Å². The molecule has 0 amide bonds. The lowest BCUT2D eigenvalue weighted by atomic mass is 10.1. The summed E-state index contributed by atoms with van der Waals surface area (Å²) in [6, 6.07) is 9.42. The summed E-state index contributed by atoms with van der Waals surface area (Å²) in [5, 5.41) is 1.98. The van der Waals surface area contributed by atoms with E-state index >= 15 is 0 Å². The van der Waals surface area contributed by atoms with E-state index in [4.69, 9.17) is 0 Å². The van der Waals surface area contributed by atoms with Crippen molar-refractivity contribution in [3.05, 3.63) is 55.1 Å². The summed E-state index contributed by atoms with van der Waals surface area (Å²) in [5.41, 5.74) is 0.753. The van der Waals surface area contributed by atoms with E-state index in [0.717, 1.165) is 19.4 Å². The van der Waals surface area contributed by atoms with Crippen LogP contribution in [0.15, 0.2) is 44.7 Å². The van der Waals surface area contributed by atoms with Crippen LogP contribution in [0.3, 0.4) is 0 Å². The fourth-order valence-electron chi connectivity index (χ4n) is 1.33. The van der Waals surface area contributed by atoms with E-state index in [1.165, 1.54) is 0 Å². The van der Waals surface area contributed by atoms with Crippen LogP contribution in [0.2, 0.25) is 0 Å². The summed E-state index contributed by atoms with van der Waals surface area (Å²) in [6.07, 6.45) is 0.458. The lowest BCUT2D eigenvalue weighted by Gasteiger charge is -2.00. The van der Waals surface area contributed by atoms with Crippen LogP contribution < -0.4 is 0 Å². The summed E-state index contributed by atoms with van der Waals surface area (Å²) in [5.74, 6) is 0.149. The smallest absolute Gasteiger partial charge is 0.168 e. The molecule has 2 aromatic rings. The fraction of sp³-hybridized carbons (Fsp3) is 0.0833. The van der Waals surface area contributed by atoms with Crippen LogP contribution in [0, 0.1) is 0 Å². The first-order chi connectivity index (χ1) is 7.66. The van der Waals surface area contributed by atoms with Gasteiger partial charge >= 0.3 is 0 Å². The molecule has 0 radical (unpaired) electrons. The molecule has 1 aromatic heterocycles. The molecule has 1 nitrogen and oxygen atoms in total. The highest BCUT2D eigenvalue weighted by Crippen LogP contribution is 2.24. The maximum absolute atomic E-state index is 11.9. The summed E-state index contributed by atoms with van der Waals surface area (Å²) in [4.78, 5) is 13.0. The molecule has 0 N–H and O–H groups in total. The first kappa shape index (κ1) is 12.0. The van der Waals surface area contributed by atoms with Gasteiger partial charge < -0.3 is 0 Å². The molecule has 82 valence electrons. The van der Waals surface area contributed by atoms with Crippen molar-refractivity contribution in [2.75, 3.05) is 0 Å². The van der Waals surface area contributed by atoms with Gasteiger partial charge in [0.2, 0.25) is 0 Å². The highest BCUT2D eigenvalue weighted by Gasteiger charge is 2.10. The zero-order valence-electron chi connectivity index (χ0n) is 8.24. The van der Waals surface area contributed by atoms with Crippen molar-refractivity contribution in [1.29, 1.82) is 0 Å². The highest BCUT2D eigenvalue weighted by atomic mass is 79.9. The quantitative estimate of drug-likeness (QED) is 0.726. The second-order valence-corrected chi connectivity index (χ2v) is 6.07. The molecular weight excluding hydrogens is 352 g/mol. The van der Waals surface area contributed by atoms with Crippen LogP contribution in [-0.4, -0.2) is 5.78 Å². The molecule has 2 rings (SSSR count). The van der Waals surface area contributed by atoms with E-state index in [0.29, 0.717) is 6.42 Å². The zero-order chi connectivity index (χ0) is 11.5. The Morgan fingerprint density at radius 3 is 2.38 bits per heavy atom. The molecule has 0 aliphatic heterocycles. The predicted molar refractivity (Wildman–Crippen MR) is 74.2 cm³/mol. The lowest BCUT2D eigenvalue weighted by molar-refractivity contribution is 0.0993. The number of Topliss-reactive ketones (excluding diaryl/α,β-unsaturated/α-hetero) is 1. The van der Waals surface area contributed by atoms with Crippen LogP contribution in [0.4, 0.5) is 0 Å². The van der Waals surface area contributed by atoms with E-state index in [2.05, 4.69) is 31.9 Å².